The number of aromatic nitrogens is 1. The Morgan fingerprint density at radius 3 is 2.65 bits per heavy atom. The molecule has 0 atom stereocenters. The highest BCUT2D eigenvalue weighted by molar-refractivity contribution is 6.31. The van der Waals surface area contributed by atoms with Crippen LogP contribution < -0.4 is 5.32 Å². The lowest BCUT2D eigenvalue weighted by Gasteiger charge is -2.12. The molecule has 4 nitrogen and oxygen atoms in total. The van der Waals surface area contributed by atoms with Crippen molar-refractivity contribution in [2.75, 3.05) is 12.4 Å². The molecule has 0 saturated carbocycles. The van der Waals surface area contributed by atoms with E-state index in [1.54, 1.807) is 30.3 Å². The third-order valence-electron chi connectivity index (χ3n) is 3.41. The maximum absolute atomic E-state index is 14.1. The van der Waals surface area contributed by atoms with Crippen molar-refractivity contribution in [2.24, 2.45) is 0 Å². The Morgan fingerprint density at radius 2 is 1.91 bits per heavy atom. The predicted molar refractivity (Wildman–Crippen MR) is 87.8 cm³/mol. The Morgan fingerprint density at radius 1 is 1.17 bits per heavy atom. The molecule has 0 fully saturated rings. The highest BCUT2D eigenvalue weighted by Gasteiger charge is 2.15. The average Bonchev–Trinajstić information content (AvgIpc) is 2.58. The number of methoxy groups -OCH3 is 1. The van der Waals surface area contributed by atoms with Crippen molar-refractivity contribution in [3.05, 3.63) is 65.1 Å². The first-order valence-electron chi connectivity index (χ1n) is 6.79. The van der Waals surface area contributed by atoms with Gasteiger partial charge in [-0.25, -0.2) is 14.2 Å². The van der Waals surface area contributed by atoms with Crippen LogP contribution in [0.25, 0.3) is 10.8 Å². The summed E-state index contributed by atoms with van der Waals surface area (Å²) in [7, 11) is 1.31. The van der Waals surface area contributed by atoms with Crippen LogP contribution in [-0.4, -0.2) is 18.1 Å². The fourth-order valence-electron chi connectivity index (χ4n) is 2.29. The number of nitrogens with zero attached hydrogens (tertiary/aromatic N) is 1. The van der Waals surface area contributed by atoms with E-state index in [9.17, 15) is 9.18 Å². The third kappa shape index (κ3) is 2.83. The largest absolute Gasteiger partial charge is 0.465 e. The van der Waals surface area contributed by atoms with E-state index in [0.717, 1.165) is 0 Å². The second-order valence-electron chi connectivity index (χ2n) is 4.78. The molecule has 6 heteroatoms. The van der Waals surface area contributed by atoms with E-state index in [4.69, 9.17) is 16.3 Å². The smallest absolute Gasteiger partial charge is 0.340 e. The summed E-state index contributed by atoms with van der Waals surface area (Å²) < 4.78 is 18.8. The summed E-state index contributed by atoms with van der Waals surface area (Å²) >= 11 is 5.79. The zero-order valence-corrected chi connectivity index (χ0v) is 12.9. The molecule has 23 heavy (non-hydrogen) atoms. The number of hydrogen-bond donors (Lipinski definition) is 1. The summed E-state index contributed by atoms with van der Waals surface area (Å²) in [6.45, 7) is 0. The van der Waals surface area contributed by atoms with E-state index >= 15 is 0 Å². The Hall–Kier alpha value is -2.66. The van der Waals surface area contributed by atoms with Crippen molar-refractivity contribution in [3.63, 3.8) is 0 Å². The number of benzene rings is 2. The number of rotatable bonds is 3. The van der Waals surface area contributed by atoms with Crippen molar-refractivity contribution >= 4 is 39.8 Å². The molecule has 0 radical (unpaired) electrons. The van der Waals surface area contributed by atoms with Gasteiger partial charge < -0.3 is 10.1 Å². The molecule has 1 aromatic heterocycles. The summed E-state index contributed by atoms with van der Waals surface area (Å²) in [6, 6.07) is 11.9. The predicted octanol–water partition coefficient (Wildman–Crippen LogP) is 4.56. The summed E-state index contributed by atoms with van der Waals surface area (Å²) in [5.41, 5.74) is 0.557. The van der Waals surface area contributed by atoms with Gasteiger partial charge in [0.15, 0.2) is 5.82 Å². The number of nitrogens with one attached hydrogen (secondary N) is 1. The molecule has 3 aromatic rings. The number of fused-ring (bicyclic) bond motifs is 1. The number of pyridine rings is 1. The highest BCUT2D eigenvalue weighted by Crippen LogP contribution is 2.30. The van der Waals surface area contributed by atoms with Crippen LogP contribution in [0.2, 0.25) is 5.02 Å². The fraction of sp³-hybridized carbons (Fsp3) is 0.0588. The number of hydrogen-bond acceptors (Lipinski definition) is 4. The minimum Gasteiger partial charge on any atom is -0.465 e. The van der Waals surface area contributed by atoms with Crippen molar-refractivity contribution in [2.45, 2.75) is 0 Å². The van der Waals surface area contributed by atoms with Gasteiger partial charge >= 0.3 is 5.97 Å². The molecule has 0 amide bonds. The first-order valence-corrected chi connectivity index (χ1v) is 7.16. The number of carbonyl (C=O) groups is 1. The molecular weight excluding hydrogens is 319 g/mol. The van der Waals surface area contributed by atoms with Crippen LogP contribution in [-0.2, 0) is 4.74 Å². The molecule has 1 heterocycles. The van der Waals surface area contributed by atoms with Crippen LogP contribution >= 0.6 is 11.6 Å². The lowest BCUT2D eigenvalue weighted by Crippen LogP contribution is -2.05. The van der Waals surface area contributed by atoms with E-state index in [0.29, 0.717) is 22.2 Å². The van der Waals surface area contributed by atoms with Crippen LogP contribution in [0.4, 0.5) is 15.9 Å². The zero-order chi connectivity index (χ0) is 16.4. The summed E-state index contributed by atoms with van der Waals surface area (Å²) in [5, 5.41) is 4.28. The van der Waals surface area contributed by atoms with Gasteiger partial charge in [-0.05, 0) is 12.1 Å². The zero-order valence-electron chi connectivity index (χ0n) is 12.1. The van der Waals surface area contributed by atoms with Gasteiger partial charge in [0.05, 0.1) is 23.4 Å². The summed E-state index contributed by atoms with van der Waals surface area (Å²) in [5.74, 6) is -0.610. The number of ether oxygens (including phenoxy) is 1. The van der Waals surface area contributed by atoms with Crippen LogP contribution in [0.1, 0.15) is 10.4 Å². The number of anilines is 2. The van der Waals surface area contributed by atoms with Crippen LogP contribution in [0, 0.1) is 5.82 Å². The number of esters is 1. The normalized spacial score (nSPS) is 10.6. The van der Waals surface area contributed by atoms with Crippen molar-refractivity contribution in [3.8, 4) is 0 Å². The Labute approximate surface area is 136 Å². The van der Waals surface area contributed by atoms with Gasteiger partial charge in [-0.3, -0.25) is 0 Å². The van der Waals surface area contributed by atoms with Gasteiger partial charge in [-0.2, -0.15) is 0 Å². The van der Waals surface area contributed by atoms with Gasteiger partial charge in [0, 0.05) is 17.0 Å². The Kier molecular flexibility index (Phi) is 4.12. The first kappa shape index (κ1) is 15.2. The minimum absolute atomic E-state index is 0.0190. The van der Waals surface area contributed by atoms with E-state index < -0.39 is 11.8 Å². The van der Waals surface area contributed by atoms with Crippen LogP contribution in [0.3, 0.4) is 0 Å². The van der Waals surface area contributed by atoms with Crippen molar-refractivity contribution in [1.82, 2.24) is 4.98 Å². The molecule has 0 bridgehead atoms. The fourth-order valence-corrected chi connectivity index (χ4v) is 2.47. The first-order chi connectivity index (χ1) is 11.1. The SMILES string of the molecule is COC(=O)c1cnc(Nc2cccc(Cl)c2F)c2ccccc12. The number of carbonyl (C=O) groups excluding carboxylic acids is 1. The average molecular weight is 331 g/mol. The maximum Gasteiger partial charge on any atom is 0.340 e. The monoisotopic (exact) mass is 330 g/mol. The van der Waals surface area contributed by atoms with E-state index in [2.05, 4.69) is 10.3 Å². The quantitative estimate of drug-likeness (QED) is 0.715. The van der Waals surface area contributed by atoms with Gasteiger partial charge in [0.25, 0.3) is 0 Å². The topological polar surface area (TPSA) is 51.2 Å². The molecule has 0 saturated heterocycles. The Bertz CT molecular complexity index is 899. The molecule has 1 N–H and O–H groups in total. The lowest BCUT2D eigenvalue weighted by atomic mass is 10.1. The molecule has 116 valence electrons. The van der Waals surface area contributed by atoms with E-state index in [-0.39, 0.29) is 10.7 Å². The molecule has 0 aliphatic heterocycles. The summed E-state index contributed by atoms with van der Waals surface area (Å²) in [6.07, 6.45) is 1.40. The molecule has 0 aliphatic rings. The molecular formula is C17H12ClFN2O2. The van der Waals surface area contributed by atoms with Crippen LogP contribution in [0.5, 0.6) is 0 Å². The Balaban J connectivity index is 2.12. The number of halogens is 2. The lowest BCUT2D eigenvalue weighted by molar-refractivity contribution is 0.0602. The van der Waals surface area contributed by atoms with E-state index in [1.807, 2.05) is 6.07 Å². The van der Waals surface area contributed by atoms with Gasteiger partial charge in [0.2, 0.25) is 0 Å². The second kappa shape index (κ2) is 6.22. The molecule has 3 rings (SSSR count). The standard InChI is InChI=1S/C17H12ClFN2O2/c1-23-17(22)12-9-20-16(11-6-3-2-5-10(11)12)21-14-8-4-7-13(18)15(14)19/h2-9H,1H3,(H,20,21). The molecule has 0 spiro atoms. The van der Waals surface area contributed by atoms with Gasteiger partial charge in [-0.15, -0.1) is 0 Å². The summed E-state index contributed by atoms with van der Waals surface area (Å²) in [4.78, 5) is 16.1. The molecule has 0 aliphatic carbocycles. The van der Waals surface area contributed by atoms with Crippen molar-refractivity contribution in [1.29, 1.82) is 0 Å². The maximum atomic E-state index is 14.1. The molecule has 2 aromatic carbocycles. The molecule has 0 unspecified atom stereocenters. The third-order valence-corrected chi connectivity index (χ3v) is 3.70. The highest BCUT2D eigenvalue weighted by atomic mass is 35.5. The van der Waals surface area contributed by atoms with Gasteiger partial charge in [0.1, 0.15) is 5.82 Å². The van der Waals surface area contributed by atoms with Crippen LogP contribution in [0.15, 0.2) is 48.7 Å². The minimum atomic E-state index is -0.558. The van der Waals surface area contributed by atoms with Gasteiger partial charge in [-0.1, -0.05) is 41.9 Å². The van der Waals surface area contributed by atoms with Crippen molar-refractivity contribution < 1.29 is 13.9 Å². The second-order valence-corrected chi connectivity index (χ2v) is 5.19. The van der Waals surface area contributed by atoms with E-state index in [1.165, 1.54) is 19.4 Å².